The Balaban J connectivity index is 2.13. The fourth-order valence-corrected chi connectivity index (χ4v) is 3.84. The van der Waals surface area contributed by atoms with E-state index in [1.165, 1.54) is 19.4 Å². The summed E-state index contributed by atoms with van der Waals surface area (Å²) in [6.45, 7) is 5.24. The standard InChI is InChI=1S/C22H28N2O6/c1-13(2)16-7-6-14-10-19(30-9-5-8-28-3)21(29-4)23-20(14)17-11-18(25)15(22(26)27)12-24(16)17/h10-13,16H,5-9H2,1-4H3,(H,26,27). The van der Waals surface area contributed by atoms with E-state index in [1.807, 2.05) is 10.6 Å². The molecule has 8 nitrogen and oxygen atoms in total. The van der Waals surface area contributed by atoms with Crippen LogP contribution in [0.1, 0.15) is 48.7 Å². The third kappa shape index (κ3) is 4.33. The number of carboxylic acid groups (broad SMARTS) is 1. The predicted octanol–water partition coefficient (Wildman–Crippen LogP) is 3.18. The molecule has 0 saturated carbocycles. The number of methoxy groups -OCH3 is 2. The van der Waals surface area contributed by atoms with Crippen molar-refractivity contribution in [2.45, 2.75) is 39.2 Å². The van der Waals surface area contributed by atoms with Crippen LogP contribution in [0.2, 0.25) is 0 Å². The van der Waals surface area contributed by atoms with Gasteiger partial charge in [0.2, 0.25) is 0 Å². The second kappa shape index (κ2) is 9.30. The van der Waals surface area contributed by atoms with Crippen LogP contribution in [0.15, 0.2) is 23.1 Å². The topological polar surface area (TPSA) is 99.9 Å². The Hall–Kier alpha value is -2.87. The number of pyridine rings is 2. The lowest BCUT2D eigenvalue weighted by Gasteiger charge is -2.25. The zero-order valence-corrected chi connectivity index (χ0v) is 17.8. The number of ether oxygens (including phenoxy) is 3. The minimum atomic E-state index is -1.23. The largest absolute Gasteiger partial charge is 0.488 e. The van der Waals surface area contributed by atoms with Gasteiger partial charge in [0.25, 0.3) is 5.88 Å². The van der Waals surface area contributed by atoms with Gasteiger partial charge in [0.05, 0.1) is 25.1 Å². The first-order chi connectivity index (χ1) is 14.4. The van der Waals surface area contributed by atoms with Gasteiger partial charge in [-0.2, -0.15) is 0 Å². The van der Waals surface area contributed by atoms with E-state index in [0.717, 1.165) is 24.8 Å². The number of hydrogen-bond donors (Lipinski definition) is 1. The molecule has 8 heteroatoms. The number of aromatic carboxylic acids is 1. The van der Waals surface area contributed by atoms with Gasteiger partial charge in [-0.25, -0.2) is 9.78 Å². The highest BCUT2D eigenvalue weighted by atomic mass is 16.5. The van der Waals surface area contributed by atoms with Crippen molar-refractivity contribution < 1.29 is 24.1 Å². The quantitative estimate of drug-likeness (QED) is 0.660. The maximum Gasteiger partial charge on any atom is 0.341 e. The summed E-state index contributed by atoms with van der Waals surface area (Å²) in [6, 6.07) is 3.32. The zero-order valence-electron chi connectivity index (χ0n) is 17.8. The van der Waals surface area contributed by atoms with Gasteiger partial charge in [-0.3, -0.25) is 4.79 Å². The Morgan fingerprint density at radius 2 is 2.07 bits per heavy atom. The molecule has 0 saturated heterocycles. The zero-order chi connectivity index (χ0) is 21.8. The van der Waals surface area contributed by atoms with Crippen molar-refractivity contribution in [1.82, 2.24) is 9.55 Å². The molecule has 30 heavy (non-hydrogen) atoms. The molecule has 1 aliphatic rings. The Kier molecular flexibility index (Phi) is 6.77. The lowest BCUT2D eigenvalue weighted by atomic mass is 9.97. The van der Waals surface area contributed by atoms with Crippen LogP contribution < -0.4 is 14.9 Å². The van der Waals surface area contributed by atoms with Crippen molar-refractivity contribution in [2.75, 3.05) is 27.4 Å². The first kappa shape index (κ1) is 21.8. The van der Waals surface area contributed by atoms with Crippen molar-refractivity contribution in [3.63, 3.8) is 0 Å². The van der Waals surface area contributed by atoms with Crippen LogP contribution in [-0.2, 0) is 11.2 Å². The highest BCUT2D eigenvalue weighted by molar-refractivity contribution is 5.87. The van der Waals surface area contributed by atoms with Gasteiger partial charge in [0.1, 0.15) is 5.56 Å². The van der Waals surface area contributed by atoms with Gasteiger partial charge < -0.3 is 23.9 Å². The molecule has 3 heterocycles. The number of aryl methyl sites for hydroxylation is 1. The van der Waals surface area contributed by atoms with Crippen LogP contribution in [0.25, 0.3) is 11.4 Å². The molecule has 0 fully saturated rings. The number of nitrogens with zero attached hydrogens (tertiary/aromatic N) is 2. The third-order valence-corrected chi connectivity index (χ3v) is 5.37. The summed E-state index contributed by atoms with van der Waals surface area (Å²) >= 11 is 0. The Morgan fingerprint density at radius 1 is 1.30 bits per heavy atom. The average molecular weight is 416 g/mol. The molecule has 0 aromatic carbocycles. The fraction of sp³-hybridized carbons (Fsp3) is 0.500. The number of fused-ring (bicyclic) bond motifs is 3. The number of hydrogen-bond acceptors (Lipinski definition) is 6. The van der Waals surface area contributed by atoms with E-state index in [-0.39, 0.29) is 17.5 Å². The SMILES string of the molecule is COCCCOc1cc2c(nc1OC)-c1cc(=O)c(C(=O)O)cn1C(C(C)C)CC2. The lowest BCUT2D eigenvalue weighted by molar-refractivity contribution is 0.0694. The molecular formula is C22H28N2O6. The van der Waals surface area contributed by atoms with Gasteiger partial charge in [0, 0.05) is 38.4 Å². The highest BCUT2D eigenvalue weighted by Gasteiger charge is 2.28. The average Bonchev–Trinajstić information content (AvgIpc) is 2.86. The first-order valence-electron chi connectivity index (χ1n) is 10.1. The molecule has 0 radical (unpaired) electrons. The molecule has 2 aromatic heterocycles. The number of carbonyl (C=O) groups is 1. The van der Waals surface area contributed by atoms with Crippen LogP contribution >= 0.6 is 0 Å². The molecule has 0 aliphatic carbocycles. The van der Waals surface area contributed by atoms with E-state index < -0.39 is 11.4 Å². The van der Waals surface area contributed by atoms with Crippen molar-refractivity contribution in [3.05, 3.63) is 39.7 Å². The van der Waals surface area contributed by atoms with Crippen LogP contribution in [-0.4, -0.2) is 48.1 Å². The molecule has 1 unspecified atom stereocenters. The van der Waals surface area contributed by atoms with Gasteiger partial charge in [-0.15, -0.1) is 0 Å². The molecule has 1 N–H and O–H groups in total. The van der Waals surface area contributed by atoms with Gasteiger partial charge >= 0.3 is 5.97 Å². The van der Waals surface area contributed by atoms with E-state index in [0.29, 0.717) is 36.2 Å². The molecule has 2 aromatic rings. The summed E-state index contributed by atoms with van der Waals surface area (Å²) < 4.78 is 18.2. The number of rotatable bonds is 8. The molecule has 0 amide bonds. The van der Waals surface area contributed by atoms with Gasteiger partial charge in [-0.05, 0) is 30.4 Å². The number of aromatic nitrogens is 2. The smallest absolute Gasteiger partial charge is 0.341 e. The van der Waals surface area contributed by atoms with E-state index in [9.17, 15) is 14.7 Å². The molecule has 1 aliphatic heterocycles. The van der Waals surface area contributed by atoms with Crippen molar-refractivity contribution in [2.24, 2.45) is 5.92 Å². The molecule has 1 atom stereocenters. The van der Waals surface area contributed by atoms with E-state index in [4.69, 9.17) is 14.2 Å². The Bertz CT molecular complexity index is 982. The monoisotopic (exact) mass is 416 g/mol. The van der Waals surface area contributed by atoms with Crippen molar-refractivity contribution in [1.29, 1.82) is 0 Å². The molecule has 0 bridgehead atoms. The summed E-state index contributed by atoms with van der Waals surface area (Å²) in [5.74, 6) is -0.108. The normalized spacial score (nSPS) is 15.3. The number of carboxylic acids is 1. The summed E-state index contributed by atoms with van der Waals surface area (Å²) in [4.78, 5) is 28.7. The second-order valence-corrected chi connectivity index (χ2v) is 7.70. The van der Waals surface area contributed by atoms with Gasteiger partial charge in [-0.1, -0.05) is 13.8 Å². The molecular weight excluding hydrogens is 388 g/mol. The maximum absolute atomic E-state index is 12.5. The summed E-state index contributed by atoms with van der Waals surface area (Å²) in [5, 5.41) is 9.42. The van der Waals surface area contributed by atoms with Crippen molar-refractivity contribution >= 4 is 5.97 Å². The maximum atomic E-state index is 12.5. The Labute approximate surface area is 175 Å². The summed E-state index contributed by atoms with van der Waals surface area (Å²) in [7, 11) is 3.16. The third-order valence-electron chi connectivity index (χ3n) is 5.37. The summed E-state index contributed by atoms with van der Waals surface area (Å²) in [6.07, 6.45) is 3.70. The predicted molar refractivity (Wildman–Crippen MR) is 112 cm³/mol. The molecule has 0 spiro atoms. The van der Waals surface area contributed by atoms with E-state index in [1.54, 1.807) is 7.11 Å². The fourth-order valence-electron chi connectivity index (χ4n) is 3.84. The van der Waals surface area contributed by atoms with Crippen LogP contribution in [0.4, 0.5) is 0 Å². The van der Waals surface area contributed by atoms with Crippen LogP contribution in [0.3, 0.4) is 0 Å². The van der Waals surface area contributed by atoms with Crippen LogP contribution in [0.5, 0.6) is 11.6 Å². The first-order valence-corrected chi connectivity index (χ1v) is 10.1. The molecule has 162 valence electrons. The van der Waals surface area contributed by atoms with Gasteiger partial charge in [0.15, 0.2) is 11.2 Å². The van der Waals surface area contributed by atoms with Crippen molar-refractivity contribution in [3.8, 4) is 23.0 Å². The minimum absolute atomic E-state index is 0.0324. The molecule has 3 rings (SSSR count). The summed E-state index contributed by atoms with van der Waals surface area (Å²) in [5.41, 5.74) is 1.38. The minimum Gasteiger partial charge on any atom is -0.488 e. The van der Waals surface area contributed by atoms with Crippen LogP contribution in [0, 0.1) is 5.92 Å². The van der Waals surface area contributed by atoms with E-state index >= 15 is 0 Å². The second-order valence-electron chi connectivity index (χ2n) is 7.70. The van der Waals surface area contributed by atoms with E-state index in [2.05, 4.69) is 18.8 Å². The lowest BCUT2D eigenvalue weighted by Crippen LogP contribution is -2.23. The Morgan fingerprint density at radius 3 is 2.70 bits per heavy atom. The highest BCUT2D eigenvalue weighted by Crippen LogP contribution is 2.39.